The van der Waals surface area contributed by atoms with Crippen molar-refractivity contribution in [1.29, 1.82) is 0 Å². The molecule has 0 aliphatic heterocycles. The zero-order valence-corrected chi connectivity index (χ0v) is 9.33. The van der Waals surface area contributed by atoms with Crippen molar-refractivity contribution in [3.63, 3.8) is 0 Å². The summed E-state index contributed by atoms with van der Waals surface area (Å²) in [4.78, 5) is 0. The summed E-state index contributed by atoms with van der Waals surface area (Å²) in [6.07, 6.45) is 0.929. The monoisotopic (exact) mass is 166 g/mol. The van der Waals surface area contributed by atoms with Gasteiger partial charge in [0.05, 0.1) is 5.60 Å². The summed E-state index contributed by atoms with van der Waals surface area (Å²) in [6.45, 7) is 6.13. The van der Waals surface area contributed by atoms with Gasteiger partial charge >= 0.3 is 0 Å². The first-order chi connectivity index (χ1) is 3.98. The van der Waals surface area contributed by atoms with Crippen LogP contribution in [0.3, 0.4) is 0 Å². The van der Waals surface area contributed by atoms with E-state index in [0.29, 0.717) is 0 Å². The van der Waals surface area contributed by atoms with Crippen molar-refractivity contribution in [2.75, 3.05) is 0 Å². The molecule has 0 saturated carbocycles. The van der Waals surface area contributed by atoms with Gasteiger partial charge in [0.15, 0.2) is 0 Å². The first kappa shape index (κ1) is 9.47. The molecule has 0 spiro atoms. The van der Waals surface area contributed by atoms with E-state index < -0.39 is 0 Å². The highest BCUT2D eigenvalue weighted by atomic mass is 35.5. The highest BCUT2D eigenvalue weighted by molar-refractivity contribution is 6.20. The summed E-state index contributed by atoms with van der Waals surface area (Å²) in [6, 6.07) is 0. The van der Waals surface area contributed by atoms with Gasteiger partial charge in [-0.1, -0.05) is 0 Å². The van der Waals surface area contributed by atoms with Crippen LogP contribution in [-0.2, 0) is 4.43 Å². The predicted molar refractivity (Wildman–Crippen MR) is 45.0 cm³/mol. The van der Waals surface area contributed by atoms with Crippen molar-refractivity contribution in [2.24, 2.45) is 0 Å². The number of rotatable bonds is 3. The molecule has 0 saturated heterocycles. The second-order valence-corrected chi connectivity index (χ2v) is 4.10. The molecule has 0 rings (SSSR count). The number of hydrogen-bond donors (Lipinski definition) is 0. The Hall–Kier alpha value is 0.467. The van der Waals surface area contributed by atoms with E-state index in [1.165, 1.54) is 0 Å². The molecule has 3 heteroatoms. The van der Waals surface area contributed by atoms with Crippen LogP contribution in [0.4, 0.5) is 0 Å². The number of hydrogen-bond acceptors (Lipinski definition) is 1. The van der Waals surface area contributed by atoms with E-state index in [1.807, 2.05) is 6.92 Å². The minimum atomic E-state index is -0.00656. The fourth-order valence-electron chi connectivity index (χ4n) is 0.761. The maximum Gasteiger partial charge on any atom is 0.146 e. The Morgan fingerprint density at radius 3 is 2.22 bits per heavy atom. The molecular formula is C6H15ClOSi. The van der Waals surface area contributed by atoms with Crippen molar-refractivity contribution in [2.45, 2.75) is 38.2 Å². The van der Waals surface area contributed by atoms with Gasteiger partial charge < -0.3 is 4.43 Å². The Labute approximate surface area is 65.3 Å². The van der Waals surface area contributed by atoms with Gasteiger partial charge in [0.25, 0.3) is 0 Å². The van der Waals surface area contributed by atoms with Crippen molar-refractivity contribution < 1.29 is 4.43 Å². The van der Waals surface area contributed by atoms with Gasteiger partial charge in [0.1, 0.15) is 10.5 Å². The summed E-state index contributed by atoms with van der Waals surface area (Å²) >= 11 is 5.78. The van der Waals surface area contributed by atoms with Crippen LogP contribution < -0.4 is 0 Å². The standard InChI is InChI=1S/C6H15ClOSi/c1-5(7)4-6(2,3)8-9/h5H,4H2,1-3,9H3. The molecule has 0 aromatic heterocycles. The molecule has 9 heavy (non-hydrogen) atoms. The molecule has 0 radical (unpaired) electrons. The quantitative estimate of drug-likeness (QED) is 0.451. The molecular weight excluding hydrogens is 152 g/mol. The van der Waals surface area contributed by atoms with E-state index in [-0.39, 0.29) is 11.0 Å². The smallest absolute Gasteiger partial charge is 0.146 e. The summed E-state index contributed by atoms with van der Waals surface area (Å²) in [7, 11) is 0.794. The summed E-state index contributed by atoms with van der Waals surface area (Å²) in [5, 5.41) is 0.217. The Balaban J connectivity index is 3.58. The Morgan fingerprint density at radius 1 is 1.67 bits per heavy atom. The molecule has 0 aromatic carbocycles. The Morgan fingerprint density at radius 2 is 2.11 bits per heavy atom. The number of halogens is 1. The lowest BCUT2D eigenvalue weighted by molar-refractivity contribution is 0.113. The minimum absolute atomic E-state index is 0.00656. The Bertz CT molecular complexity index is 83.1. The summed E-state index contributed by atoms with van der Waals surface area (Å²) < 4.78 is 5.30. The molecule has 1 unspecified atom stereocenters. The van der Waals surface area contributed by atoms with Crippen LogP contribution >= 0.6 is 11.6 Å². The molecule has 0 amide bonds. The SMILES string of the molecule is CC(Cl)CC(C)(C)O[SiH3]. The van der Waals surface area contributed by atoms with Gasteiger partial charge in [-0.15, -0.1) is 11.6 Å². The van der Waals surface area contributed by atoms with E-state index in [2.05, 4.69) is 13.8 Å². The normalized spacial score (nSPS) is 16.0. The van der Waals surface area contributed by atoms with Crippen molar-refractivity contribution >= 4 is 22.1 Å². The van der Waals surface area contributed by atoms with Crippen LogP contribution in [0.1, 0.15) is 27.2 Å². The van der Waals surface area contributed by atoms with E-state index in [1.54, 1.807) is 0 Å². The van der Waals surface area contributed by atoms with Gasteiger partial charge in [-0.05, 0) is 27.2 Å². The zero-order chi connectivity index (χ0) is 7.49. The van der Waals surface area contributed by atoms with Crippen LogP contribution in [0.5, 0.6) is 0 Å². The minimum Gasteiger partial charge on any atom is -0.423 e. The third-order valence-corrected chi connectivity index (χ3v) is 2.58. The lowest BCUT2D eigenvalue weighted by Gasteiger charge is -2.24. The average Bonchev–Trinajstić information content (AvgIpc) is 1.63. The van der Waals surface area contributed by atoms with Crippen LogP contribution in [0, 0.1) is 0 Å². The molecule has 0 heterocycles. The van der Waals surface area contributed by atoms with E-state index in [4.69, 9.17) is 16.0 Å². The topological polar surface area (TPSA) is 9.23 Å². The highest BCUT2D eigenvalue weighted by Crippen LogP contribution is 2.17. The Kier molecular flexibility index (Phi) is 3.78. The summed E-state index contributed by atoms with van der Waals surface area (Å²) in [5.41, 5.74) is -0.00656. The third-order valence-electron chi connectivity index (χ3n) is 1.33. The van der Waals surface area contributed by atoms with Gasteiger partial charge in [0, 0.05) is 5.38 Å². The van der Waals surface area contributed by atoms with Gasteiger partial charge in [0.2, 0.25) is 0 Å². The van der Waals surface area contributed by atoms with E-state index in [9.17, 15) is 0 Å². The van der Waals surface area contributed by atoms with Crippen LogP contribution in [0.2, 0.25) is 0 Å². The van der Waals surface area contributed by atoms with Crippen LogP contribution in [0.15, 0.2) is 0 Å². The average molecular weight is 167 g/mol. The molecule has 0 N–H and O–H groups in total. The maximum absolute atomic E-state index is 5.78. The second kappa shape index (κ2) is 3.59. The van der Waals surface area contributed by atoms with Gasteiger partial charge in [-0.25, -0.2) is 0 Å². The highest BCUT2D eigenvalue weighted by Gasteiger charge is 2.17. The van der Waals surface area contributed by atoms with E-state index in [0.717, 1.165) is 16.9 Å². The second-order valence-electron chi connectivity index (χ2n) is 2.95. The van der Waals surface area contributed by atoms with Crippen LogP contribution in [0.25, 0.3) is 0 Å². The lowest BCUT2D eigenvalue weighted by atomic mass is 10.0. The molecule has 1 nitrogen and oxygen atoms in total. The predicted octanol–water partition coefficient (Wildman–Crippen LogP) is 1.08. The van der Waals surface area contributed by atoms with Crippen LogP contribution in [-0.4, -0.2) is 21.5 Å². The molecule has 0 aromatic rings. The summed E-state index contributed by atoms with van der Waals surface area (Å²) in [5.74, 6) is 0. The first-order valence-corrected chi connectivity index (χ1v) is 4.42. The van der Waals surface area contributed by atoms with Crippen molar-refractivity contribution in [3.05, 3.63) is 0 Å². The van der Waals surface area contributed by atoms with Gasteiger partial charge in [-0.2, -0.15) is 0 Å². The maximum atomic E-state index is 5.78. The van der Waals surface area contributed by atoms with Crippen molar-refractivity contribution in [3.8, 4) is 0 Å². The molecule has 56 valence electrons. The first-order valence-electron chi connectivity index (χ1n) is 3.17. The van der Waals surface area contributed by atoms with E-state index >= 15 is 0 Å². The molecule has 1 atom stereocenters. The molecule has 0 aliphatic carbocycles. The fraction of sp³-hybridized carbons (Fsp3) is 1.00. The largest absolute Gasteiger partial charge is 0.423 e. The molecule has 0 aliphatic rings. The molecule has 0 fully saturated rings. The molecule has 0 bridgehead atoms. The third kappa shape index (κ3) is 4.94. The van der Waals surface area contributed by atoms with Gasteiger partial charge in [-0.3, -0.25) is 0 Å². The lowest BCUT2D eigenvalue weighted by Crippen LogP contribution is -2.26. The van der Waals surface area contributed by atoms with Crippen molar-refractivity contribution in [1.82, 2.24) is 0 Å². The number of alkyl halides is 1. The fourth-order valence-corrected chi connectivity index (χ4v) is 1.30. The zero-order valence-electron chi connectivity index (χ0n) is 6.57.